The number of benzene rings is 2. The van der Waals surface area contributed by atoms with Gasteiger partial charge in [0, 0.05) is 10.9 Å². The monoisotopic (exact) mass is 359 g/mol. The van der Waals surface area contributed by atoms with E-state index in [1.165, 1.54) is 22.1 Å². The molecule has 2 aromatic heterocycles. The maximum atomic E-state index is 5.55. The molecule has 4 rings (SSSR count). The Labute approximate surface area is 155 Å². The van der Waals surface area contributed by atoms with Gasteiger partial charge in [0.25, 0.3) is 0 Å². The summed E-state index contributed by atoms with van der Waals surface area (Å²) in [7, 11) is 0. The molecule has 0 aliphatic heterocycles. The summed E-state index contributed by atoms with van der Waals surface area (Å²) in [6.07, 6.45) is 5.30. The van der Waals surface area contributed by atoms with E-state index in [9.17, 15) is 0 Å². The summed E-state index contributed by atoms with van der Waals surface area (Å²) in [5.41, 5.74) is 1.93. The Bertz CT molecular complexity index is 1130. The molecule has 2 aromatic carbocycles. The summed E-state index contributed by atoms with van der Waals surface area (Å²) >= 11 is 1.53. The van der Waals surface area contributed by atoms with E-state index >= 15 is 0 Å². The van der Waals surface area contributed by atoms with Crippen LogP contribution in [0.15, 0.2) is 93.4 Å². The summed E-state index contributed by atoms with van der Waals surface area (Å²) < 4.78 is 7.36. The second kappa shape index (κ2) is 7.37. The SMILES string of the molecule is C=CCN=c1scc(-c2ccco2)n1N=Cc1cccc2ccccc12. The van der Waals surface area contributed by atoms with Gasteiger partial charge in [-0.05, 0) is 22.9 Å². The molecule has 0 fully saturated rings. The molecule has 26 heavy (non-hydrogen) atoms. The summed E-state index contributed by atoms with van der Waals surface area (Å²) in [6.45, 7) is 4.28. The van der Waals surface area contributed by atoms with Crippen LogP contribution in [0.25, 0.3) is 22.2 Å². The number of hydrogen-bond donors (Lipinski definition) is 0. The van der Waals surface area contributed by atoms with Crippen molar-refractivity contribution in [3.05, 3.63) is 89.3 Å². The van der Waals surface area contributed by atoms with Gasteiger partial charge in [0.15, 0.2) is 5.76 Å². The van der Waals surface area contributed by atoms with Gasteiger partial charge in [-0.25, -0.2) is 4.68 Å². The summed E-state index contributed by atoms with van der Waals surface area (Å²) in [6, 6.07) is 18.3. The van der Waals surface area contributed by atoms with Crippen LogP contribution in [0, 0.1) is 0 Å². The van der Waals surface area contributed by atoms with Gasteiger partial charge >= 0.3 is 0 Å². The van der Waals surface area contributed by atoms with Crippen LogP contribution in [0.2, 0.25) is 0 Å². The fourth-order valence-corrected chi connectivity index (χ4v) is 3.57. The molecule has 5 heteroatoms. The minimum atomic E-state index is 0.544. The Kier molecular flexibility index (Phi) is 4.62. The predicted molar refractivity (Wildman–Crippen MR) is 108 cm³/mol. The molecule has 0 unspecified atom stereocenters. The highest BCUT2D eigenvalue weighted by atomic mass is 32.1. The standard InChI is InChI=1S/C21H17N3OS/c1-2-12-22-21-24(19(15-26-21)20-11-6-13-25-20)23-14-17-9-5-8-16-7-3-4-10-18(16)17/h2-11,13-15H,1,12H2. The molecule has 0 N–H and O–H groups in total. The molecule has 4 aromatic rings. The van der Waals surface area contributed by atoms with Crippen molar-refractivity contribution in [2.75, 3.05) is 6.54 Å². The van der Waals surface area contributed by atoms with Gasteiger partial charge in [0.2, 0.25) is 4.80 Å². The first-order valence-corrected chi connectivity index (χ1v) is 9.13. The van der Waals surface area contributed by atoms with Crippen molar-refractivity contribution >= 4 is 28.3 Å². The average Bonchev–Trinajstić information content (AvgIpc) is 3.34. The van der Waals surface area contributed by atoms with E-state index in [0.29, 0.717) is 6.54 Å². The van der Waals surface area contributed by atoms with E-state index in [1.807, 2.05) is 46.6 Å². The largest absolute Gasteiger partial charge is 0.463 e. The molecule has 0 bridgehead atoms. The van der Waals surface area contributed by atoms with Crippen molar-refractivity contribution in [1.29, 1.82) is 0 Å². The van der Waals surface area contributed by atoms with Crippen LogP contribution in [-0.4, -0.2) is 17.4 Å². The molecule has 0 atom stereocenters. The Morgan fingerprint density at radius 3 is 2.81 bits per heavy atom. The van der Waals surface area contributed by atoms with Crippen molar-refractivity contribution in [3.63, 3.8) is 0 Å². The highest BCUT2D eigenvalue weighted by molar-refractivity contribution is 7.07. The average molecular weight is 359 g/mol. The van der Waals surface area contributed by atoms with Gasteiger partial charge in [-0.1, -0.05) is 48.5 Å². The maximum Gasteiger partial charge on any atom is 0.206 e. The third-order valence-electron chi connectivity index (χ3n) is 3.95. The first kappa shape index (κ1) is 16.3. The zero-order valence-electron chi connectivity index (χ0n) is 14.1. The highest BCUT2D eigenvalue weighted by Gasteiger charge is 2.09. The van der Waals surface area contributed by atoms with Gasteiger partial charge in [-0.15, -0.1) is 17.9 Å². The van der Waals surface area contributed by atoms with Crippen molar-refractivity contribution in [1.82, 2.24) is 4.68 Å². The second-order valence-electron chi connectivity index (χ2n) is 5.63. The maximum absolute atomic E-state index is 5.55. The Hall–Kier alpha value is -3.18. The lowest BCUT2D eigenvalue weighted by molar-refractivity contribution is 0.575. The first-order chi connectivity index (χ1) is 12.9. The zero-order chi connectivity index (χ0) is 17.8. The van der Waals surface area contributed by atoms with E-state index < -0.39 is 0 Å². The number of nitrogens with zero attached hydrogens (tertiary/aromatic N) is 3. The lowest BCUT2D eigenvalue weighted by Crippen LogP contribution is -2.12. The lowest BCUT2D eigenvalue weighted by atomic mass is 10.1. The van der Waals surface area contributed by atoms with E-state index in [4.69, 9.17) is 9.52 Å². The number of aromatic nitrogens is 1. The molecule has 0 aliphatic rings. The van der Waals surface area contributed by atoms with Crippen LogP contribution in [0.1, 0.15) is 5.56 Å². The van der Waals surface area contributed by atoms with E-state index in [2.05, 4.69) is 35.8 Å². The molecule has 0 aliphatic carbocycles. The van der Waals surface area contributed by atoms with E-state index in [0.717, 1.165) is 21.8 Å². The summed E-state index contributed by atoms with van der Waals surface area (Å²) in [4.78, 5) is 5.34. The second-order valence-corrected chi connectivity index (χ2v) is 6.47. The van der Waals surface area contributed by atoms with Gasteiger partial charge in [0.05, 0.1) is 19.0 Å². The van der Waals surface area contributed by atoms with Crippen LogP contribution in [-0.2, 0) is 0 Å². The third kappa shape index (κ3) is 3.17. The van der Waals surface area contributed by atoms with Crippen molar-refractivity contribution < 1.29 is 4.42 Å². The minimum absolute atomic E-state index is 0.544. The van der Waals surface area contributed by atoms with E-state index in [1.54, 1.807) is 12.3 Å². The van der Waals surface area contributed by atoms with Crippen LogP contribution in [0.5, 0.6) is 0 Å². The van der Waals surface area contributed by atoms with Crippen molar-refractivity contribution in [2.24, 2.45) is 10.1 Å². The Balaban J connectivity index is 1.83. The summed E-state index contributed by atoms with van der Waals surface area (Å²) in [5, 5.41) is 9.07. The molecular formula is C21H17N3OS. The molecule has 0 saturated heterocycles. The number of thiazole rings is 1. The number of fused-ring (bicyclic) bond motifs is 1. The van der Waals surface area contributed by atoms with Gasteiger partial charge in [-0.2, -0.15) is 5.10 Å². The zero-order valence-corrected chi connectivity index (χ0v) is 14.9. The van der Waals surface area contributed by atoms with Crippen LogP contribution in [0.3, 0.4) is 0 Å². The smallest absolute Gasteiger partial charge is 0.206 e. The molecule has 0 amide bonds. The van der Waals surface area contributed by atoms with E-state index in [-0.39, 0.29) is 0 Å². The number of hydrogen-bond acceptors (Lipinski definition) is 4. The van der Waals surface area contributed by atoms with Gasteiger partial charge in [0.1, 0.15) is 5.69 Å². The third-order valence-corrected chi connectivity index (χ3v) is 4.80. The molecule has 0 saturated carbocycles. The fraction of sp³-hybridized carbons (Fsp3) is 0.0476. The normalized spacial score (nSPS) is 12.2. The fourth-order valence-electron chi connectivity index (χ4n) is 2.74. The molecular weight excluding hydrogens is 342 g/mol. The summed E-state index contributed by atoms with van der Waals surface area (Å²) in [5.74, 6) is 0.761. The molecule has 4 nitrogen and oxygen atoms in total. The van der Waals surface area contributed by atoms with Crippen LogP contribution >= 0.6 is 11.3 Å². The first-order valence-electron chi connectivity index (χ1n) is 8.25. The van der Waals surface area contributed by atoms with Gasteiger partial charge in [-0.3, -0.25) is 4.99 Å². The van der Waals surface area contributed by atoms with Crippen LogP contribution < -0.4 is 4.80 Å². The van der Waals surface area contributed by atoms with Crippen molar-refractivity contribution in [3.8, 4) is 11.5 Å². The molecule has 2 heterocycles. The Morgan fingerprint density at radius 2 is 1.96 bits per heavy atom. The highest BCUT2D eigenvalue weighted by Crippen LogP contribution is 2.21. The van der Waals surface area contributed by atoms with Gasteiger partial charge < -0.3 is 4.42 Å². The lowest BCUT2D eigenvalue weighted by Gasteiger charge is -2.03. The number of rotatable bonds is 5. The van der Waals surface area contributed by atoms with Crippen molar-refractivity contribution in [2.45, 2.75) is 0 Å². The predicted octanol–water partition coefficient (Wildman–Crippen LogP) is 4.93. The molecule has 0 radical (unpaired) electrons. The number of furan rings is 1. The quantitative estimate of drug-likeness (QED) is 0.368. The minimum Gasteiger partial charge on any atom is -0.463 e. The molecule has 0 spiro atoms. The molecule has 128 valence electrons. The Morgan fingerprint density at radius 1 is 1.08 bits per heavy atom. The van der Waals surface area contributed by atoms with Crippen LogP contribution in [0.4, 0.5) is 0 Å². The topological polar surface area (TPSA) is 42.8 Å².